The number of carbonyl (C=O) groups excluding carboxylic acids is 2. The van der Waals surface area contributed by atoms with Crippen LogP contribution in [0.5, 0.6) is 5.75 Å². The normalized spacial score (nSPS) is 25.4. The lowest BCUT2D eigenvalue weighted by atomic mass is 10.0. The average Bonchev–Trinajstić information content (AvgIpc) is 3.08. The molecule has 2 aliphatic rings. The van der Waals surface area contributed by atoms with Crippen molar-refractivity contribution in [3.8, 4) is 5.75 Å². The van der Waals surface area contributed by atoms with Crippen molar-refractivity contribution in [2.24, 2.45) is 0 Å². The van der Waals surface area contributed by atoms with Gasteiger partial charge >= 0.3 is 12.1 Å². The van der Waals surface area contributed by atoms with Crippen molar-refractivity contribution in [3.63, 3.8) is 0 Å². The maximum absolute atomic E-state index is 11.6. The summed E-state index contributed by atoms with van der Waals surface area (Å²) in [5.74, 6) is 1.53. The van der Waals surface area contributed by atoms with Gasteiger partial charge < -0.3 is 20.7 Å². The molecule has 2 fully saturated rings. The lowest BCUT2D eigenvalue weighted by Crippen LogP contribution is -2.36. The number of amides is 3. The molecule has 0 aromatic heterocycles. The molecular formula is C16H21N3O3S. The highest BCUT2D eigenvalue weighted by atomic mass is 32.2. The summed E-state index contributed by atoms with van der Waals surface area (Å²) < 4.78 is 5.15. The molecule has 0 radical (unpaired) electrons. The second kappa shape index (κ2) is 7.59. The maximum Gasteiger partial charge on any atom is 0.412 e. The fourth-order valence-corrected chi connectivity index (χ4v) is 4.48. The Morgan fingerprint density at radius 1 is 1.26 bits per heavy atom. The first-order chi connectivity index (χ1) is 11.2. The van der Waals surface area contributed by atoms with E-state index in [0.717, 1.165) is 25.0 Å². The van der Waals surface area contributed by atoms with Gasteiger partial charge in [0.05, 0.1) is 12.1 Å². The Morgan fingerprint density at radius 3 is 2.91 bits per heavy atom. The number of unbranched alkanes of at least 4 members (excludes halogenated alkanes) is 1. The largest absolute Gasteiger partial charge is 0.412 e. The smallest absolute Gasteiger partial charge is 0.410 e. The topological polar surface area (TPSA) is 79.5 Å². The van der Waals surface area contributed by atoms with Gasteiger partial charge in [-0.05, 0) is 25.0 Å². The molecule has 0 aliphatic carbocycles. The number of para-hydroxylation sites is 1. The number of rotatable bonds is 6. The number of fused-ring (bicyclic) bond motifs is 1. The molecule has 0 unspecified atom stereocenters. The van der Waals surface area contributed by atoms with Crippen LogP contribution in [0.1, 0.15) is 19.3 Å². The number of ether oxygens (including phenoxy) is 1. The number of hydrogen-bond acceptors (Lipinski definition) is 4. The first-order valence-electron chi connectivity index (χ1n) is 7.92. The fourth-order valence-electron chi connectivity index (χ4n) is 2.94. The Balaban J connectivity index is 1.29. The van der Waals surface area contributed by atoms with Crippen LogP contribution in [-0.2, 0) is 0 Å². The van der Waals surface area contributed by atoms with Crippen LogP contribution in [0.4, 0.5) is 9.59 Å². The Hall–Kier alpha value is -1.89. The molecule has 6 nitrogen and oxygen atoms in total. The van der Waals surface area contributed by atoms with Crippen molar-refractivity contribution in [2.45, 2.75) is 36.6 Å². The van der Waals surface area contributed by atoms with Gasteiger partial charge in [-0.25, -0.2) is 9.59 Å². The van der Waals surface area contributed by atoms with Gasteiger partial charge in [-0.2, -0.15) is 11.8 Å². The standard InChI is InChI=1S/C16H21N3O3S/c20-15-18-12-10-23-13(14(12)19-15)8-4-5-9-17-16(21)22-11-6-2-1-3-7-11/h1-3,6-7,12-14H,4-5,8-10H2,(H,17,21)(H2,18,19,20)/t12-,13-,14-/m0/s1. The summed E-state index contributed by atoms with van der Waals surface area (Å²) >= 11 is 1.91. The molecule has 0 spiro atoms. The third kappa shape index (κ3) is 4.31. The minimum absolute atomic E-state index is 0.0457. The van der Waals surface area contributed by atoms with Crippen molar-refractivity contribution in [3.05, 3.63) is 30.3 Å². The minimum atomic E-state index is -0.418. The van der Waals surface area contributed by atoms with Crippen LogP contribution < -0.4 is 20.7 Å². The SMILES string of the molecule is O=C1N[C@H]2[C@H](CS[C@H]2CCCCNC(=O)Oc2ccccc2)N1. The molecule has 3 atom stereocenters. The third-order valence-corrected chi connectivity index (χ3v) is 5.59. The number of thioether (sulfide) groups is 1. The summed E-state index contributed by atoms with van der Waals surface area (Å²) in [6, 6.07) is 9.50. The van der Waals surface area contributed by atoms with Crippen LogP contribution in [0.3, 0.4) is 0 Å². The van der Waals surface area contributed by atoms with Gasteiger partial charge in [0.1, 0.15) is 5.75 Å². The minimum Gasteiger partial charge on any atom is -0.410 e. The molecule has 3 N–H and O–H groups in total. The monoisotopic (exact) mass is 335 g/mol. The van der Waals surface area contributed by atoms with Crippen LogP contribution in [0.15, 0.2) is 30.3 Å². The molecular weight excluding hydrogens is 314 g/mol. The number of carbonyl (C=O) groups is 2. The van der Waals surface area contributed by atoms with E-state index in [9.17, 15) is 9.59 Å². The maximum atomic E-state index is 11.6. The van der Waals surface area contributed by atoms with E-state index < -0.39 is 6.09 Å². The molecule has 124 valence electrons. The molecule has 2 aliphatic heterocycles. The van der Waals surface area contributed by atoms with E-state index in [4.69, 9.17) is 4.74 Å². The van der Waals surface area contributed by atoms with Crippen molar-refractivity contribution >= 4 is 23.9 Å². The van der Waals surface area contributed by atoms with Crippen molar-refractivity contribution < 1.29 is 14.3 Å². The van der Waals surface area contributed by atoms with Crippen LogP contribution in [0.2, 0.25) is 0 Å². The zero-order valence-corrected chi connectivity index (χ0v) is 13.6. The van der Waals surface area contributed by atoms with Crippen LogP contribution >= 0.6 is 11.8 Å². The summed E-state index contributed by atoms with van der Waals surface area (Å²) in [5, 5.41) is 9.16. The fraction of sp³-hybridized carbons (Fsp3) is 0.500. The van der Waals surface area contributed by atoms with Gasteiger partial charge in [-0.1, -0.05) is 24.6 Å². The van der Waals surface area contributed by atoms with Crippen LogP contribution in [-0.4, -0.2) is 41.8 Å². The summed E-state index contributed by atoms with van der Waals surface area (Å²) in [6.45, 7) is 0.599. The van der Waals surface area contributed by atoms with E-state index in [1.54, 1.807) is 12.1 Å². The Kier molecular flexibility index (Phi) is 5.27. The van der Waals surface area contributed by atoms with Gasteiger partial charge in [0, 0.05) is 17.5 Å². The Labute approximate surface area is 139 Å². The molecule has 0 bridgehead atoms. The molecule has 1 aromatic carbocycles. The number of nitrogens with one attached hydrogen (secondary N) is 3. The highest BCUT2D eigenvalue weighted by molar-refractivity contribution is 8.00. The predicted octanol–water partition coefficient (Wildman–Crippen LogP) is 2.11. The molecule has 3 amide bonds. The number of hydrogen-bond donors (Lipinski definition) is 3. The predicted molar refractivity (Wildman–Crippen MR) is 89.8 cm³/mol. The van der Waals surface area contributed by atoms with E-state index in [1.165, 1.54) is 0 Å². The summed E-state index contributed by atoms with van der Waals surface area (Å²) in [4.78, 5) is 22.9. The zero-order valence-electron chi connectivity index (χ0n) is 12.8. The Morgan fingerprint density at radius 2 is 2.09 bits per heavy atom. The molecule has 7 heteroatoms. The molecule has 2 saturated heterocycles. The first-order valence-corrected chi connectivity index (χ1v) is 8.96. The lowest BCUT2D eigenvalue weighted by Gasteiger charge is -2.16. The average molecular weight is 335 g/mol. The third-order valence-electron chi connectivity index (χ3n) is 4.08. The van der Waals surface area contributed by atoms with Crippen molar-refractivity contribution in [2.75, 3.05) is 12.3 Å². The summed E-state index contributed by atoms with van der Waals surface area (Å²) in [6.07, 6.45) is 2.55. The van der Waals surface area contributed by atoms with Gasteiger partial charge in [-0.15, -0.1) is 0 Å². The Bertz CT molecular complexity index is 555. The number of benzene rings is 1. The van der Waals surface area contributed by atoms with Gasteiger partial charge in [-0.3, -0.25) is 0 Å². The molecule has 2 heterocycles. The number of urea groups is 1. The van der Waals surface area contributed by atoms with Crippen molar-refractivity contribution in [1.29, 1.82) is 0 Å². The van der Waals surface area contributed by atoms with Crippen LogP contribution in [0.25, 0.3) is 0 Å². The van der Waals surface area contributed by atoms with Gasteiger partial charge in [0.2, 0.25) is 0 Å². The van der Waals surface area contributed by atoms with Gasteiger partial charge in [0.15, 0.2) is 0 Å². The van der Waals surface area contributed by atoms with Crippen molar-refractivity contribution in [1.82, 2.24) is 16.0 Å². The second-order valence-electron chi connectivity index (χ2n) is 5.75. The zero-order chi connectivity index (χ0) is 16.1. The highest BCUT2D eigenvalue weighted by Gasteiger charge is 2.42. The highest BCUT2D eigenvalue weighted by Crippen LogP contribution is 2.32. The summed E-state index contributed by atoms with van der Waals surface area (Å²) in [5.41, 5.74) is 0. The first kappa shape index (κ1) is 16.0. The van der Waals surface area contributed by atoms with E-state index in [0.29, 0.717) is 17.5 Å². The van der Waals surface area contributed by atoms with E-state index in [-0.39, 0.29) is 18.1 Å². The molecule has 3 rings (SSSR count). The van der Waals surface area contributed by atoms with E-state index in [2.05, 4.69) is 16.0 Å². The molecule has 0 saturated carbocycles. The quantitative estimate of drug-likeness (QED) is 0.549. The second-order valence-corrected chi connectivity index (χ2v) is 7.02. The van der Waals surface area contributed by atoms with E-state index >= 15 is 0 Å². The van der Waals surface area contributed by atoms with Gasteiger partial charge in [0.25, 0.3) is 0 Å². The lowest BCUT2D eigenvalue weighted by molar-refractivity contribution is 0.200. The van der Waals surface area contributed by atoms with Crippen LogP contribution in [0, 0.1) is 0 Å². The summed E-state index contributed by atoms with van der Waals surface area (Å²) in [7, 11) is 0. The van der Waals surface area contributed by atoms with E-state index in [1.807, 2.05) is 30.0 Å². The molecule has 1 aromatic rings. The molecule has 23 heavy (non-hydrogen) atoms.